The summed E-state index contributed by atoms with van der Waals surface area (Å²) >= 11 is 0. The lowest BCUT2D eigenvalue weighted by Crippen LogP contribution is -2.30. The van der Waals surface area contributed by atoms with Gasteiger partial charge in [0, 0.05) is 19.3 Å². The average Bonchev–Trinajstić information content (AvgIpc) is 3.15. The molecule has 11 nitrogen and oxygen atoms in total. The van der Waals surface area contributed by atoms with Gasteiger partial charge in [0.15, 0.2) is 6.10 Å². The lowest BCUT2D eigenvalue weighted by molar-refractivity contribution is -0.161. The summed E-state index contributed by atoms with van der Waals surface area (Å²) in [5.41, 5.74) is 0. The molecular formula is C42H81O11P. The van der Waals surface area contributed by atoms with E-state index in [2.05, 4.69) is 20.8 Å². The molecule has 0 aromatic carbocycles. The van der Waals surface area contributed by atoms with Crippen molar-refractivity contribution in [3.05, 3.63) is 0 Å². The number of rotatable bonds is 41. The van der Waals surface area contributed by atoms with Gasteiger partial charge >= 0.3 is 25.7 Å². The van der Waals surface area contributed by atoms with Crippen LogP contribution in [0.4, 0.5) is 0 Å². The summed E-state index contributed by atoms with van der Waals surface area (Å²) in [6.45, 7) is 4.73. The third-order valence-electron chi connectivity index (χ3n) is 9.47. The Morgan fingerprint density at radius 1 is 0.444 bits per heavy atom. The van der Waals surface area contributed by atoms with Crippen molar-refractivity contribution < 1.29 is 52.2 Å². The minimum Gasteiger partial charge on any atom is -0.463 e. The van der Waals surface area contributed by atoms with Crippen molar-refractivity contribution in [2.75, 3.05) is 26.4 Å². The van der Waals surface area contributed by atoms with Crippen molar-refractivity contribution in [3.63, 3.8) is 0 Å². The first-order valence-electron chi connectivity index (χ1n) is 21.9. The van der Waals surface area contributed by atoms with E-state index in [0.29, 0.717) is 19.3 Å². The second kappa shape index (κ2) is 38.4. The van der Waals surface area contributed by atoms with Gasteiger partial charge in [-0.1, -0.05) is 175 Å². The second-order valence-electron chi connectivity index (χ2n) is 14.9. The molecule has 54 heavy (non-hydrogen) atoms. The summed E-state index contributed by atoms with van der Waals surface area (Å²) in [5.74, 6) is -1.38. The van der Waals surface area contributed by atoms with E-state index < -0.39 is 51.2 Å². The molecule has 1 unspecified atom stereocenters. The van der Waals surface area contributed by atoms with Crippen LogP contribution in [-0.4, -0.2) is 66.5 Å². The van der Waals surface area contributed by atoms with Crippen LogP contribution in [0, 0.1) is 0 Å². The molecule has 0 saturated heterocycles. The highest BCUT2D eigenvalue weighted by molar-refractivity contribution is 7.47. The predicted molar refractivity (Wildman–Crippen MR) is 215 cm³/mol. The number of ether oxygens (including phenoxy) is 3. The van der Waals surface area contributed by atoms with Gasteiger partial charge in [0.2, 0.25) is 0 Å². The maximum Gasteiger partial charge on any atom is 0.472 e. The topological polar surface area (TPSA) is 155 Å². The summed E-state index contributed by atoms with van der Waals surface area (Å²) in [7, 11) is -4.69. The minimum absolute atomic E-state index is 0.177. The van der Waals surface area contributed by atoms with Gasteiger partial charge in [0.1, 0.15) is 19.3 Å². The van der Waals surface area contributed by atoms with Gasteiger partial charge in [-0.3, -0.25) is 23.4 Å². The van der Waals surface area contributed by atoms with Crippen molar-refractivity contribution in [2.24, 2.45) is 0 Å². The summed E-state index contributed by atoms with van der Waals surface area (Å²) < 4.78 is 38.5. The molecule has 0 saturated carbocycles. The molecule has 0 heterocycles. The number of carbonyl (C=O) groups is 3. The van der Waals surface area contributed by atoms with Crippen molar-refractivity contribution >= 4 is 25.7 Å². The highest BCUT2D eigenvalue weighted by Crippen LogP contribution is 2.43. The molecule has 0 rings (SSSR count). The van der Waals surface area contributed by atoms with Gasteiger partial charge in [0.05, 0.1) is 13.2 Å². The van der Waals surface area contributed by atoms with Gasteiger partial charge in [-0.05, 0) is 19.3 Å². The first-order valence-corrected chi connectivity index (χ1v) is 23.4. The van der Waals surface area contributed by atoms with Crippen LogP contribution in [0.3, 0.4) is 0 Å². The van der Waals surface area contributed by atoms with Crippen LogP contribution in [-0.2, 0) is 42.2 Å². The molecule has 0 aliphatic rings. The van der Waals surface area contributed by atoms with E-state index in [-0.39, 0.29) is 32.5 Å². The van der Waals surface area contributed by atoms with Crippen molar-refractivity contribution in [1.29, 1.82) is 0 Å². The van der Waals surface area contributed by atoms with Crippen LogP contribution in [0.2, 0.25) is 0 Å². The van der Waals surface area contributed by atoms with E-state index in [1.54, 1.807) is 0 Å². The number of hydrogen-bond donors (Lipinski definition) is 2. The SMILES string of the molecule is CCCCCCCCCCCC(=O)OC[C@H](O)COP(=O)(O)OC[C@@H](COC(=O)CCCCCCCCCCC)OC(=O)CCCCCCCCCCC. The van der Waals surface area contributed by atoms with Gasteiger partial charge in [-0.2, -0.15) is 0 Å². The Kier molecular flexibility index (Phi) is 37.3. The number of carbonyl (C=O) groups excluding carboxylic acids is 3. The van der Waals surface area contributed by atoms with Gasteiger partial charge in [-0.25, -0.2) is 4.57 Å². The average molecular weight is 793 g/mol. The minimum atomic E-state index is -4.69. The number of esters is 3. The monoisotopic (exact) mass is 793 g/mol. The molecule has 0 aromatic heterocycles. The van der Waals surface area contributed by atoms with Crippen LogP contribution in [0.15, 0.2) is 0 Å². The number of unbranched alkanes of at least 4 members (excludes halogenated alkanes) is 24. The Balaban J connectivity index is 4.59. The Bertz CT molecular complexity index is 932. The molecule has 0 amide bonds. The Morgan fingerprint density at radius 3 is 1.15 bits per heavy atom. The highest BCUT2D eigenvalue weighted by Gasteiger charge is 2.27. The van der Waals surface area contributed by atoms with E-state index in [1.165, 1.54) is 96.3 Å². The first-order chi connectivity index (χ1) is 26.1. The molecule has 0 aliphatic carbocycles. The van der Waals surface area contributed by atoms with Gasteiger partial charge in [0.25, 0.3) is 0 Å². The maximum absolute atomic E-state index is 12.6. The summed E-state index contributed by atoms with van der Waals surface area (Å²) in [6, 6.07) is 0. The fraction of sp³-hybridized carbons (Fsp3) is 0.929. The molecule has 0 spiro atoms. The molecule has 3 atom stereocenters. The third kappa shape index (κ3) is 37.4. The van der Waals surface area contributed by atoms with E-state index in [9.17, 15) is 28.9 Å². The highest BCUT2D eigenvalue weighted by atomic mass is 31.2. The lowest BCUT2D eigenvalue weighted by atomic mass is 10.1. The predicted octanol–water partition coefficient (Wildman–Crippen LogP) is 11.2. The van der Waals surface area contributed by atoms with Crippen LogP contribution < -0.4 is 0 Å². The van der Waals surface area contributed by atoms with Crippen LogP contribution in [0.25, 0.3) is 0 Å². The lowest BCUT2D eigenvalue weighted by Gasteiger charge is -2.20. The van der Waals surface area contributed by atoms with Crippen molar-refractivity contribution in [3.8, 4) is 0 Å². The molecule has 0 aliphatic heterocycles. The van der Waals surface area contributed by atoms with E-state index in [0.717, 1.165) is 57.8 Å². The van der Waals surface area contributed by atoms with E-state index in [1.807, 2.05) is 0 Å². The Morgan fingerprint density at radius 2 is 0.759 bits per heavy atom. The standard InChI is InChI=1S/C42H81O11P/c1-4-7-10-13-16-19-22-25-28-31-40(44)49-34-38(43)35-51-54(47,48)52-37-39(53-42(46)33-30-27-24-21-18-15-12-9-6-3)36-50-41(45)32-29-26-23-20-17-14-11-8-5-2/h38-39,43H,4-37H2,1-3H3,(H,47,48)/t38-,39+/m0/s1. The number of hydrogen-bond acceptors (Lipinski definition) is 10. The molecule has 0 fully saturated rings. The first kappa shape index (κ1) is 52.5. The van der Waals surface area contributed by atoms with Crippen molar-refractivity contribution in [2.45, 2.75) is 226 Å². The molecule has 0 radical (unpaired) electrons. The second-order valence-corrected chi connectivity index (χ2v) is 16.4. The zero-order chi connectivity index (χ0) is 40.0. The number of phosphoric ester groups is 1. The Hall–Kier alpha value is -1.52. The summed E-state index contributed by atoms with van der Waals surface area (Å²) in [6.07, 6.45) is 28.3. The third-order valence-corrected chi connectivity index (χ3v) is 10.4. The smallest absolute Gasteiger partial charge is 0.463 e. The zero-order valence-corrected chi connectivity index (χ0v) is 35.6. The van der Waals surface area contributed by atoms with Crippen LogP contribution in [0.1, 0.15) is 213 Å². The summed E-state index contributed by atoms with van der Waals surface area (Å²) in [4.78, 5) is 47.3. The maximum atomic E-state index is 12.6. The Labute approximate surface area is 329 Å². The molecule has 0 bridgehead atoms. The largest absolute Gasteiger partial charge is 0.472 e. The van der Waals surface area contributed by atoms with Crippen LogP contribution >= 0.6 is 7.82 Å². The number of aliphatic hydroxyl groups is 1. The fourth-order valence-corrected chi connectivity index (χ4v) is 6.85. The fourth-order valence-electron chi connectivity index (χ4n) is 6.06. The molecule has 320 valence electrons. The molecular weight excluding hydrogens is 711 g/mol. The molecule has 12 heteroatoms. The normalized spacial score (nSPS) is 13.6. The van der Waals surface area contributed by atoms with Gasteiger partial charge in [-0.15, -0.1) is 0 Å². The van der Waals surface area contributed by atoms with Gasteiger partial charge < -0.3 is 24.2 Å². The van der Waals surface area contributed by atoms with Crippen molar-refractivity contribution in [1.82, 2.24) is 0 Å². The van der Waals surface area contributed by atoms with E-state index in [4.69, 9.17) is 23.3 Å². The summed E-state index contributed by atoms with van der Waals surface area (Å²) in [5, 5.41) is 10.2. The van der Waals surface area contributed by atoms with Crippen LogP contribution in [0.5, 0.6) is 0 Å². The quantitative estimate of drug-likeness (QED) is 0.0263. The number of aliphatic hydroxyl groups excluding tert-OH is 1. The zero-order valence-electron chi connectivity index (χ0n) is 34.7. The molecule has 2 N–H and O–H groups in total. The number of phosphoric acid groups is 1. The molecule has 0 aromatic rings. The van der Waals surface area contributed by atoms with E-state index >= 15 is 0 Å².